The number of thioether (sulfide) groups is 1. The topological polar surface area (TPSA) is 75.6 Å². The van der Waals surface area contributed by atoms with Crippen molar-refractivity contribution in [3.05, 3.63) is 35.4 Å². The molecular weight excluding hydrogens is 266 g/mol. The Bertz CT molecular complexity index is 436. The summed E-state index contributed by atoms with van der Waals surface area (Å²) < 4.78 is 5.04. The molecule has 0 radical (unpaired) electrons. The molecule has 1 aromatic carbocycles. The van der Waals surface area contributed by atoms with Gasteiger partial charge < -0.3 is 15.2 Å². The van der Waals surface area contributed by atoms with Crippen LogP contribution in [-0.4, -0.2) is 42.1 Å². The number of ether oxygens (including phenoxy) is 1. The first-order chi connectivity index (χ1) is 9.15. The van der Waals surface area contributed by atoms with E-state index in [1.165, 1.54) is 11.8 Å². The Balaban J connectivity index is 2.43. The SMILES string of the molecule is COCc1ccccc1C(=O)NCCSCC(=O)O. The standard InChI is InChI=1S/C13H17NO4S/c1-18-8-10-4-2-3-5-11(10)13(17)14-6-7-19-9-12(15)16/h2-5H,6-9H2,1H3,(H,14,17)(H,15,16). The van der Waals surface area contributed by atoms with Crippen molar-refractivity contribution < 1.29 is 19.4 Å². The Hall–Kier alpha value is -1.53. The molecule has 6 heteroatoms. The van der Waals surface area contributed by atoms with Crippen molar-refractivity contribution in [2.75, 3.05) is 25.2 Å². The lowest BCUT2D eigenvalue weighted by atomic mass is 10.1. The molecule has 0 aromatic heterocycles. The van der Waals surface area contributed by atoms with E-state index in [-0.39, 0.29) is 11.7 Å². The van der Waals surface area contributed by atoms with Gasteiger partial charge >= 0.3 is 5.97 Å². The number of aliphatic carboxylic acids is 1. The van der Waals surface area contributed by atoms with E-state index in [0.29, 0.717) is 24.5 Å². The van der Waals surface area contributed by atoms with Crippen LogP contribution in [0.25, 0.3) is 0 Å². The fourth-order valence-electron chi connectivity index (χ4n) is 1.51. The summed E-state index contributed by atoms with van der Waals surface area (Å²) in [5.74, 6) is -0.383. The quantitative estimate of drug-likeness (QED) is 0.705. The van der Waals surface area contributed by atoms with Gasteiger partial charge in [-0.15, -0.1) is 11.8 Å². The third-order valence-electron chi connectivity index (χ3n) is 2.32. The van der Waals surface area contributed by atoms with Gasteiger partial charge in [0.2, 0.25) is 0 Å². The van der Waals surface area contributed by atoms with E-state index in [0.717, 1.165) is 5.56 Å². The minimum atomic E-state index is -0.846. The van der Waals surface area contributed by atoms with Crippen LogP contribution in [0, 0.1) is 0 Å². The lowest BCUT2D eigenvalue weighted by Gasteiger charge is -2.09. The van der Waals surface area contributed by atoms with Crippen molar-refractivity contribution in [1.82, 2.24) is 5.32 Å². The highest BCUT2D eigenvalue weighted by Gasteiger charge is 2.09. The summed E-state index contributed by atoms with van der Waals surface area (Å²) in [7, 11) is 1.58. The fourth-order valence-corrected chi connectivity index (χ4v) is 2.08. The smallest absolute Gasteiger partial charge is 0.313 e. The van der Waals surface area contributed by atoms with E-state index in [1.54, 1.807) is 19.2 Å². The number of carbonyl (C=O) groups is 2. The summed E-state index contributed by atoms with van der Waals surface area (Å²) in [6, 6.07) is 7.24. The van der Waals surface area contributed by atoms with Gasteiger partial charge in [-0.3, -0.25) is 9.59 Å². The highest BCUT2D eigenvalue weighted by molar-refractivity contribution is 7.99. The summed E-state index contributed by atoms with van der Waals surface area (Å²) in [6.45, 7) is 0.829. The fraction of sp³-hybridized carbons (Fsp3) is 0.385. The summed E-state index contributed by atoms with van der Waals surface area (Å²) >= 11 is 1.27. The molecule has 0 aliphatic rings. The summed E-state index contributed by atoms with van der Waals surface area (Å²) in [4.78, 5) is 22.3. The van der Waals surface area contributed by atoms with Gasteiger partial charge in [-0.2, -0.15) is 0 Å². The molecule has 1 amide bonds. The van der Waals surface area contributed by atoms with Crippen LogP contribution in [0.5, 0.6) is 0 Å². The number of methoxy groups -OCH3 is 1. The Kier molecular flexibility index (Phi) is 6.99. The molecule has 2 N–H and O–H groups in total. The Morgan fingerprint density at radius 1 is 1.37 bits per heavy atom. The number of carboxylic acids is 1. The van der Waals surface area contributed by atoms with Crippen molar-refractivity contribution in [1.29, 1.82) is 0 Å². The Morgan fingerprint density at radius 2 is 2.11 bits per heavy atom. The van der Waals surface area contributed by atoms with E-state index < -0.39 is 5.97 Å². The zero-order valence-electron chi connectivity index (χ0n) is 10.7. The molecule has 0 bridgehead atoms. The number of amides is 1. The molecule has 1 aromatic rings. The van der Waals surface area contributed by atoms with Gasteiger partial charge in [0, 0.05) is 25.0 Å². The molecule has 104 valence electrons. The number of rotatable bonds is 8. The predicted molar refractivity (Wildman–Crippen MR) is 74.4 cm³/mol. The highest BCUT2D eigenvalue weighted by Crippen LogP contribution is 2.09. The van der Waals surface area contributed by atoms with E-state index in [1.807, 2.05) is 12.1 Å². The van der Waals surface area contributed by atoms with Crippen molar-refractivity contribution >= 4 is 23.6 Å². The van der Waals surface area contributed by atoms with Crippen LogP contribution in [0.4, 0.5) is 0 Å². The van der Waals surface area contributed by atoms with Gasteiger partial charge in [-0.05, 0) is 11.6 Å². The van der Waals surface area contributed by atoms with Crippen molar-refractivity contribution in [3.8, 4) is 0 Å². The minimum absolute atomic E-state index is 0.0517. The molecule has 0 spiro atoms. The second-order valence-corrected chi connectivity index (χ2v) is 4.90. The lowest BCUT2D eigenvalue weighted by Crippen LogP contribution is -2.27. The van der Waals surface area contributed by atoms with Crippen molar-refractivity contribution in [3.63, 3.8) is 0 Å². The number of hydrogen-bond donors (Lipinski definition) is 2. The van der Waals surface area contributed by atoms with Crippen LogP contribution < -0.4 is 5.32 Å². The number of carboxylic acid groups (broad SMARTS) is 1. The minimum Gasteiger partial charge on any atom is -0.481 e. The van der Waals surface area contributed by atoms with Crippen LogP contribution in [0.2, 0.25) is 0 Å². The van der Waals surface area contributed by atoms with Gasteiger partial charge in [0.05, 0.1) is 12.4 Å². The van der Waals surface area contributed by atoms with Crippen LogP contribution in [-0.2, 0) is 16.1 Å². The lowest BCUT2D eigenvalue weighted by molar-refractivity contribution is -0.133. The highest BCUT2D eigenvalue weighted by atomic mass is 32.2. The maximum absolute atomic E-state index is 11.9. The van der Waals surface area contributed by atoms with Crippen LogP contribution >= 0.6 is 11.8 Å². The van der Waals surface area contributed by atoms with Crippen LogP contribution in [0.3, 0.4) is 0 Å². The average Bonchev–Trinajstić information content (AvgIpc) is 2.39. The summed E-state index contributed by atoms with van der Waals surface area (Å²) in [5.41, 5.74) is 1.42. The summed E-state index contributed by atoms with van der Waals surface area (Å²) in [5, 5.41) is 11.2. The Morgan fingerprint density at radius 3 is 2.79 bits per heavy atom. The maximum Gasteiger partial charge on any atom is 0.313 e. The summed E-state index contributed by atoms with van der Waals surface area (Å²) in [6.07, 6.45) is 0. The molecule has 0 aliphatic heterocycles. The molecule has 0 heterocycles. The Labute approximate surface area is 116 Å². The maximum atomic E-state index is 11.9. The normalized spacial score (nSPS) is 10.2. The predicted octanol–water partition coefficient (Wildman–Crippen LogP) is 1.38. The third-order valence-corrected chi connectivity index (χ3v) is 3.26. The molecule has 19 heavy (non-hydrogen) atoms. The molecule has 5 nitrogen and oxygen atoms in total. The molecule has 1 rings (SSSR count). The molecule has 0 aliphatic carbocycles. The van der Waals surface area contributed by atoms with Gasteiger partial charge in [0.25, 0.3) is 5.91 Å². The zero-order chi connectivity index (χ0) is 14.1. The van der Waals surface area contributed by atoms with Crippen LogP contribution in [0.1, 0.15) is 15.9 Å². The number of hydrogen-bond acceptors (Lipinski definition) is 4. The molecule has 0 fully saturated rings. The second-order valence-electron chi connectivity index (χ2n) is 3.79. The monoisotopic (exact) mass is 283 g/mol. The van der Waals surface area contributed by atoms with E-state index in [4.69, 9.17) is 9.84 Å². The number of benzene rings is 1. The molecule has 0 saturated heterocycles. The van der Waals surface area contributed by atoms with Crippen molar-refractivity contribution in [2.45, 2.75) is 6.61 Å². The van der Waals surface area contributed by atoms with E-state index >= 15 is 0 Å². The average molecular weight is 283 g/mol. The van der Waals surface area contributed by atoms with E-state index in [2.05, 4.69) is 5.32 Å². The number of carbonyl (C=O) groups excluding carboxylic acids is 1. The van der Waals surface area contributed by atoms with Crippen molar-refractivity contribution in [2.24, 2.45) is 0 Å². The number of nitrogens with one attached hydrogen (secondary N) is 1. The largest absolute Gasteiger partial charge is 0.481 e. The van der Waals surface area contributed by atoms with Gasteiger partial charge in [-0.25, -0.2) is 0 Å². The van der Waals surface area contributed by atoms with Crippen LogP contribution in [0.15, 0.2) is 24.3 Å². The van der Waals surface area contributed by atoms with Gasteiger partial charge in [-0.1, -0.05) is 18.2 Å². The molecule has 0 unspecified atom stereocenters. The zero-order valence-corrected chi connectivity index (χ0v) is 11.5. The first-order valence-electron chi connectivity index (χ1n) is 5.79. The first-order valence-corrected chi connectivity index (χ1v) is 6.95. The second kappa shape index (κ2) is 8.55. The third kappa shape index (κ3) is 5.76. The van der Waals surface area contributed by atoms with Gasteiger partial charge in [0.1, 0.15) is 0 Å². The molecule has 0 saturated carbocycles. The van der Waals surface area contributed by atoms with E-state index in [9.17, 15) is 9.59 Å². The van der Waals surface area contributed by atoms with Gasteiger partial charge in [0.15, 0.2) is 0 Å². The first kappa shape index (κ1) is 15.5. The molecular formula is C13H17NO4S. The molecule has 0 atom stereocenters.